The van der Waals surface area contributed by atoms with Gasteiger partial charge in [-0.05, 0) is 34.6 Å². The maximum atomic E-state index is 12.0. The molecule has 0 aromatic rings. The van der Waals surface area contributed by atoms with E-state index >= 15 is 0 Å². The van der Waals surface area contributed by atoms with Crippen molar-refractivity contribution in [2.24, 2.45) is 0 Å². The minimum atomic E-state index is -0.835. The quantitative estimate of drug-likeness (QED) is 0.757. The molecule has 1 N–H and O–H groups in total. The number of urea groups is 1. The van der Waals surface area contributed by atoms with Gasteiger partial charge in [0.15, 0.2) is 0 Å². The number of amides is 2. The highest BCUT2D eigenvalue weighted by Gasteiger charge is 2.23. The standard InChI is InChI=1S/C11H24N2O2/c1-6-12(7-2)10(14)13(8-3)9-11(4,5)15/h15H,6-9H2,1-5H3. The molecular formula is C11H24N2O2. The number of likely N-dealkylation sites (N-methyl/N-ethyl adjacent to an activating group) is 1. The van der Waals surface area contributed by atoms with Gasteiger partial charge in [-0.3, -0.25) is 0 Å². The highest BCUT2D eigenvalue weighted by atomic mass is 16.3. The third-order valence-corrected chi connectivity index (χ3v) is 2.26. The number of aliphatic hydroxyl groups is 1. The molecule has 90 valence electrons. The van der Waals surface area contributed by atoms with Crippen molar-refractivity contribution < 1.29 is 9.90 Å². The summed E-state index contributed by atoms with van der Waals surface area (Å²) in [6.07, 6.45) is 0. The Morgan fingerprint density at radius 2 is 1.47 bits per heavy atom. The lowest BCUT2D eigenvalue weighted by atomic mass is 10.1. The lowest BCUT2D eigenvalue weighted by Crippen LogP contribution is -2.48. The van der Waals surface area contributed by atoms with Gasteiger partial charge in [0.1, 0.15) is 0 Å². The maximum absolute atomic E-state index is 12.0. The average molecular weight is 216 g/mol. The normalized spacial score (nSPS) is 11.3. The average Bonchev–Trinajstić information content (AvgIpc) is 2.14. The smallest absolute Gasteiger partial charge is 0.320 e. The highest BCUT2D eigenvalue weighted by Crippen LogP contribution is 2.07. The topological polar surface area (TPSA) is 43.8 Å². The van der Waals surface area contributed by atoms with Crippen LogP contribution in [-0.2, 0) is 0 Å². The van der Waals surface area contributed by atoms with Crippen molar-refractivity contribution in [1.29, 1.82) is 0 Å². The number of rotatable bonds is 5. The van der Waals surface area contributed by atoms with E-state index in [1.54, 1.807) is 23.6 Å². The Morgan fingerprint density at radius 1 is 1.07 bits per heavy atom. The van der Waals surface area contributed by atoms with Gasteiger partial charge >= 0.3 is 6.03 Å². The Bertz CT molecular complexity index is 195. The maximum Gasteiger partial charge on any atom is 0.320 e. The van der Waals surface area contributed by atoms with Crippen molar-refractivity contribution in [1.82, 2.24) is 9.80 Å². The number of carbonyl (C=O) groups excluding carboxylic acids is 1. The first-order chi connectivity index (χ1) is 6.85. The van der Waals surface area contributed by atoms with Crippen LogP contribution in [-0.4, -0.2) is 52.7 Å². The molecule has 0 saturated heterocycles. The summed E-state index contributed by atoms with van der Waals surface area (Å²) in [6, 6.07) is 0.00428. The molecule has 0 saturated carbocycles. The molecule has 0 aliphatic heterocycles. The van der Waals surface area contributed by atoms with E-state index in [0.717, 1.165) is 0 Å². The van der Waals surface area contributed by atoms with Gasteiger partial charge in [-0.15, -0.1) is 0 Å². The molecule has 0 fully saturated rings. The van der Waals surface area contributed by atoms with Crippen LogP contribution in [0.25, 0.3) is 0 Å². The lowest BCUT2D eigenvalue weighted by Gasteiger charge is -2.32. The van der Waals surface area contributed by atoms with Crippen molar-refractivity contribution in [3.05, 3.63) is 0 Å². The minimum Gasteiger partial charge on any atom is -0.389 e. The monoisotopic (exact) mass is 216 g/mol. The van der Waals surface area contributed by atoms with Gasteiger partial charge in [0, 0.05) is 19.6 Å². The van der Waals surface area contributed by atoms with Gasteiger partial charge < -0.3 is 14.9 Å². The second kappa shape index (κ2) is 5.95. The number of carbonyl (C=O) groups is 1. The van der Waals surface area contributed by atoms with Gasteiger partial charge in [0.2, 0.25) is 0 Å². The van der Waals surface area contributed by atoms with Crippen LogP contribution in [0.5, 0.6) is 0 Å². The summed E-state index contributed by atoms with van der Waals surface area (Å²) < 4.78 is 0. The molecule has 0 atom stereocenters. The SMILES string of the molecule is CCN(CC)C(=O)N(CC)CC(C)(C)O. The minimum absolute atomic E-state index is 0.00428. The Balaban J connectivity index is 4.46. The third kappa shape index (κ3) is 5.02. The van der Waals surface area contributed by atoms with Crippen molar-refractivity contribution in [3.8, 4) is 0 Å². The fourth-order valence-corrected chi connectivity index (χ4v) is 1.48. The van der Waals surface area contributed by atoms with Crippen LogP contribution in [0.3, 0.4) is 0 Å². The molecule has 0 heterocycles. The van der Waals surface area contributed by atoms with E-state index in [1.807, 2.05) is 20.8 Å². The van der Waals surface area contributed by atoms with Crippen LogP contribution in [0.4, 0.5) is 4.79 Å². The highest BCUT2D eigenvalue weighted by molar-refractivity contribution is 5.74. The van der Waals surface area contributed by atoms with Crippen LogP contribution in [0, 0.1) is 0 Å². The zero-order chi connectivity index (χ0) is 12.1. The van der Waals surface area contributed by atoms with E-state index < -0.39 is 5.60 Å². The summed E-state index contributed by atoms with van der Waals surface area (Å²) in [7, 11) is 0. The van der Waals surface area contributed by atoms with Gasteiger partial charge in [-0.2, -0.15) is 0 Å². The molecule has 4 heteroatoms. The Morgan fingerprint density at radius 3 is 1.73 bits per heavy atom. The zero-order valence-corrected chi connectivity index (χ0v) is 10.6. The van der Waals surface area contributed by atoms with Crippen molar-refractivity contribution in [3.63, 3.8) is 0 Å². The lowest BCUT2D eigenvalue weighted by molar-refractivity contribution is 0.0420. The van der Waals surface area contributed by atoms with Gasteiger partial charge in [-0.1, -0.05) is 0 Å². The molecule has 15 heavy (non-hydrogen) atoms. The molecule has 2 amide bonds. The van der Waals surface area contributed by atoms with E-state index in [0.29, 0.717) is 26.2 Å². The number of hydrogen-bond donors (Lipinski definition) is 1. The molecular weight excluding hydrogens is 192 g/mol. The predicted molar refractivity (Wildman–Crippen MR) is 61.9 cm³/mol. The van der Waals surface area contributed by atoms with Crippen LogP contribution >= 0.6 is 0 Å². The first-order valence-corrected chi connectivity index (χ1v) is 5.61. The summed E-state index contributed by atoms with van der Waals surface area (Å²) in [5, 5.41) is 9.68. The summed E-state index contributed by atoms with van der Waals surface area (Å²) in [4.78, 5) is 15.4. The Kier molecular flexibility index (Phi) is 5.65. The van der Waals surface area contributed by atoms with Crippen LogP contribution in [0.15, 0.2) is 0 Å². The van der Waals surface area contributed by atoms with Crippen molar-refractivity contribution >= 4 is 6.03 Å². The van der Waals surface area contributed by atoms with Gasteiger partial charge in [0.05, 0.1) is 12.1 Å². The summed E-state index contributed by atoms with van der Waals surface area (Å²) in [5.41, 5.74) is -0.835. The molecule has 0 rings (SSSR count). The molecule has 0 spiro atoms. The van der Waals surface area contributed by atoms with E-state index in [9.17, 15) is 9.90 Å². The summed E-state index contributed by atoms with van der Waals surface area (Å²) >= 11 is 0. The Labute approximate surface area is 92.9 Å². The fourth-order valence-electron chi connectivity index (χ4n) is 1.48. The van der Waals surface area contributed by atoms with Crippen molar-refractivity contribution in [2.45, 2.75) is 40.2 Å². The molecule has 0 radical (unpaired) electrons. The van der Waals surface area contributed by atoms with E-state index in [2.05, 4.69) is 0 Å². The van der Waals surface area contributed by atoms with Gasteiger partial charge in [-0.25, -0.2) is 4.79 Å². The van der Waals surface area contributed by atoms with E-state index in [4.69, 9.17) is 0 Å². The number of nitrogens with zero attached hydrogens (tertiary/aromatic N) is 2. The fraction of sp³-hybridized carbons (Fsp3) is 0.909. The number of hydrogen-bond acceptors (Lipinski definition) is 2. The van der Waals surface area contributed by atoms with E-state index in [1.165, 1.54) is 0 Å². The van der Waals surface area contributed by atoms with Crippen LogP contribution < -0.4 is 0 Å². The molecule has 0 aliphatic rings. The first kappa shape index (κ1) is 14.2. The molecule has 0 unspecified atom stereocenters. The summed E-state index contributed by atoms with van der Waals surface area (Å²) in [5.74, 6) is 0. The second-order valence-electron chi connectivity index (χ2n) is 4.28. The van der Waals surface area contributed by atoms with E-state index in [-0.39, 0.29) is 6.03 Å². The van der Waals surface area contributed by atoms with Crippen LogP contribution in [0.1, 0.15) is 34.6 Å². The predicted octanol–water partition coefficient (Wildman–Crippen LogP) is 1.54. The third-order valence-electron chi connectivity index (χ3n) is 2.26. The Hall–Kier alpha value is -0.770. The molecule has 0 aromatic heterocycles. The van der Waals surface area contributed by atoms with Gasteiger partial charge in [0.25, 0.3) is 0 Å². The van der Waals surface area contributed by atoms with Crippen molar-refractivity contribution in [2.75, 3.05) is 26.2 Å². The molecule has 4 nitrogen and oxygen atoms in total. The molecule has 0 aromatic carbocycles. The van der Waals surface area contributed by atoms with Crippen LogP contribution in [0.2, 0.25) is 0 Å². The first-order valence-electron chi connectivity index (χ1n) is 5.61. The zero-order valence-electron chi connectivity index (χ0n) is 10.6. The summed E-state index contributed by atoms with van der Waals surface area (Å²) in [6.45, 7) is 11.7. The second-order valence-corrected chi connectivity index (χ2v) is 4.28. The molecule has 0 aliphatic carbocycles. The molecule has 0 bridgehead atoms. The largest absolute Gasteiger partial charge is 0.389 e.